The van der Waals surface area contributed by atoms with Gasteiger partial charge in [-0.25, -0.2) is 0 Å². The first kappa shape index (κ1) is 77.5. The third-order valence-corrected chi connectivity index (χ3v) is 16.7. The van der Waals surface area contributed by atoms with E-state index in [-0.39, 0.29) is 32.0 Å². The smallest absolute Gasteiger partial charge is 0.306 e. The number of likely N-dealkylation sites (N-methyl/N-ethyl adjacent to an activating group) is 1. The summed E-state index contributed by atoms with van der Waals surface area (Å²) in [5.74, 6) is -0.826. The zero-order valence-corrected chi connectivity index (χ0v) is 54.2. The van der Waals surface area contributed by atoms with E-state index in [1.807, 2.05) is 21.1 Å². The number of unbranched alkanes of at least 4 members (excludes halogenated alkanes) is 47. The van der Waals surface area contributed by atoms with E-state index in [0.717, 1.165) is 51.4 Å². The van der Waals surface area contributed by atoms with Gasteiger partial charge in [0.1, 0.15) is 19.8 Å². The maximum absolute atomic E-state index is 12.8. The summed E-state index contributed by atoms with van der Waals surface area (Å²) in [5.41, 5.74) is 0. The van der Waals surface area contributed by atoms with E-state index < -0.39 is 26.5 Å². The van der Waals surface area contributed by atoms with Crippen molar-refractivity contribution in [3.05, 3.63) is 24.3 Å². The number of esters is 2. The van der Waals surface area contributed by atoms with Crippen molar-refractivity contribution in [2.75, 3.05) is 47.5 Å². The van der Waals surface area contributed by atoms with Crippen LogP contribution in [0.5, 0.6) is 0 Å². The van der Waals surface area contributed by atoms with Gasteiger partial charge in [-0.15, -0.1) is 0 Å². The van der Waals surface area contributed by atoms with E-state index in [9.17, 15) is 19.0 Å². The molecule has 79 heavy (non-hydrogen) atoms. The molecule has 0 aromatic rings. The Kier molecular flexibility index (Phi) is 59.9. The summed E-state index contributed by atoms with van der Waals surface area (Å²) < 4.78 is 34.2. The zero-order valence-electron chi connectivity index (χ0n) is 53.4. The maximum atomic E-state index is 12.8. The number of carbonyl (C=O) groups excluding carboxylic acids is 2. The van der Waals surface area contributed by atoms with Gasteiger partial charge < -0.3 is 27.9 Å². The SMILES string of the molecule is CCCCCCC/C=C\CCCCCCCC(=O)OCC(COP(=O)([O-])OCC[N+](C)(C)C)OC(=O)CCCCCCCCCCCCCCCCCCCCCCCCCCCCCCC/C=C\CCCCCCCCCC. The molecule has 0 saturated heterocycles. The third kappa shape index (κ3) is 65.5. The Hall–Kier alpha value is -1.51. The van der Waals surface area contributed by atoms with E-state index >= 15 is 0 Å². The Labute approximate surface area is 491 Å². The molecule has 0 aromatic carbocycles. The molecular weight excluding hydrogens is 1000 g/mol. The molecule has 0 saturated carbocycles. The van der Waals surface area contributed by atoms with Crippen LogP contribution in [-0.2, 0) is 32.7 Å². The van der Waals surface area contributed by atoms with Crippen molar-refractivity contribution in [3.63, 3.8) is 0 Å². The molecule has 468 valence electrons. The summed E-state index contributed by atoms with van der Waals surface area (Å²) in [6, 6.07) is 0. The maximum Gasteiger partial charge on any atom is 0.306 e. The first-order valence-electron chi connectivity index (χ1n) is 34.5. The van der Waals surface area contributed by atoms with Gasteiger partial charge in [0.2, 0.25) is 0 Å². The summed E-state index contributed by atoms with van der Waals surface area (Å²) >= 11 is 0. The van der Waals surface area contributed by atoms with Crippen molar-refractivity contribution >= 4 is 19.8 Å². The van der Waals surface area contributed by atoms with Crippen LogP contribution in [0.15, 0.2) is 24.3 Å². The average molecular weight is 1140 g/mol. The number of rotatable bonds is 65. The molecule has 0 radical (unpaired) electrons. The summed E-state index contributed by atoms with van der Waals surface area (Å²) in [4.78, 5) is 37.9. The first-order chi connectivity index (χ1) is 38.5. The average Bonchev–Trinajstić information content (AvgIpc) is 3.41. The van der Waals surface area contributed by atoms with Gasteiger partial charge in [-0.2, -0.15) is 0 Å². The number of ether oxygens (including phenoxy) is 2. The first-order valence-corrected chi connectivity index (χ1v) is 36.0. The van der Waals surface area contributed by atoms with Crippen LogP contribution in [0.2, 0.25) is 0 Å². The van der Waals surface area contributed by atoms with E-state index in [1.54, 1.807) is 0 Å². The number of allylic oxidation sites excluding steroid dienone is 4. The van der Waals surface area contributed by atoms with Gasteiger partial charge in [0.05, 0.1) is 27.7 Å². The van der Waals surface area contributed by atoms with Gasteiger partial charge in [-0.1, -0.05) is 301 Å². The fraction of sp³-hybridized carbons (Fsp3) is 0.913. The predicted octanol–water partition coefficient (Wildman–Crippen LogP) is 21.5. The molecule has 0 heterocycles. The summed E-state index contributed by atoms with van der Waals surface area (Å²) in [6.45, 7) is 4.27. The Morgan fingerprint density at radius 3 is 0.937 bits per heavy atom. The number of hydrogen-bond donors (Lipinski definition) is 0. The molecule has 0 aliphatic rings. The molecule has 0 aromatic heterocycles. The summed E-state index contributed by atoms with van der Waals surface area (Å²) in [7, 11) is 1.18. The molecule has 0 amide bonds. The highest BCUT2D eigenvalue weighted by molar-refractivity contribution is 7.45. The van der Waals surface area contributed by atoms with Gasteiger partial charge in [0.25, 0.3) is 7.82 Å². The number of hydrogen-bond acceptors (Lipinski definition) is 8. The van der Waals surface area contributed by atoms with E-state index in [4.69, 9.17) is 18.5 Å². The van der Waals surface area contributed by atoms with Crippen molar-refractivity contribution in [1.82, 2.24) is 0 Å². The van der Waals surface area contributed by atoms with Gasteiger partial charge >= 0.3 is 11.9 Å². The van der Waals surface area contributed by atoms with Gasteiger partial charge in [0, 0.05) is 12.8 Å². The van der Waals surface area contributed by atoms with Crippen molar-refractivity contribution in [2.24, 2.45) is 0 Å². The number of nitrogens with zero attached hydrogens (tertiary/aromatic N) is 1. The second kappa shape index (κ2) is 61.1. The van der Waals surface area contributed by atoms with Crippen molar-refractivity contribution in [3.8, 4) is 0 Å². The number of carbonyl (C=O) groups is 2. The van der Waals surface area contributed by atoms with Crippen LogP contribution in [0.1, 0.15) is 354 Å². The molecule has 0 N–H and O–H groups in total. The lowest BCUT2D eigenvalue weighted by Gasteiger charge is -2.28. The lowest BCUT2D eigenvalue weighted by Crippen LogP contribution is -2.37. The Morgan fingerprint density at radius 2 is 0.646 bits per heavy atom. The lowest BCUT2D eigenvalue weighted by atomic mass is 10.0. The minimum Gasteiger partial charge on any atom is -0.756 e. The minimum atomic E-state index is -4.63. The fourth-order valence-electron chi connectivity index (χ4n) is 10.4. The van der Waals surface area contributed by atoms with Crippen molar-refractivity contribution in [1.29, 1.82) is 0 Å². The topological polar surface area (TPSA) is 111 Å². The Balaban J connectivity index is 3.82. The quantitative estimate of drug-likeness (QED) is 0.0195. The monoisotopic (exact) mass is 1140 g/mol. The molecule has 0 spiro atoms. The van der Waals surface area contributed by atoms with Crippen LogP contribution in [0.25, 0.3) is 0 Å². The molecule has 0 aliphatic carbocycles. The highest BCUT2D eigenvalue weighted by Crippen LogP contribution is 2.38. The largest absolute Gasteiger partial charge is 0.756 e. The van der Waals surface area contributed by atoms with Crippen LogP contribution < -0.4 is 4.89 Å². The molecule has 0 aliphatic heterocycles. The summed E-state index contributed by atoms with van der Waals surface area (Å²) in [5, 5.41) is 0. The Morgan fingerprint density at radius 1 is 0.380 bits per heavy atom. The second-order valence-electron chi connectivity index (χ2n) is 24.9. The molecule has 0 bridgehead atoms. The zero-order chi connectivity index (χ0) is 57.7. The van der Waals surface area contributed by atoms with Crippen LogP contribution >= 0.6 is 7.82 Å². The molecule has 2 unspecified atom stereocenters. The normalized spacial score (nSPS) is 13.2. The highest BCUT2D eigenvalue weighted by Gasteiger charge is 2.22. The van der Waals surface area contributed by atoms with Crippen LogP contribution in [0.4, 0.5) is 0 Å². The van der Waals surface area contributed by atoms with Gasteiger partial charge in [-0.3, -0.25) is 14.2 Å². The second-order valence-corrected chi connectivity index (χ2v) is 26.3. The molecular formula is C69H134NO8P. The summed E-state index contributed by atoms with van der Waals surface area (Å²) in [6.07, 6.45) is 75.8. The Bertz CT molecular complexity index is 1380. The molecule has 9 nitrogen and oxygen atoms in total. The fourth-order valence-corrected chi connectivity index (χ4v) is 11.1. The molecule has 0 fully saturated rings. The van der Waals surface area contributed by atoms with Gasteiger partial charge in [0.15, 0.2) is 6.10 Å². The van der Waals surface area contributed by atoms with Crippen LogP contribution in [0, 0.1) is 0 Å². The van der Waals surface area contributed by atoms with Crippen LogP contribution in [-0.4, -0.2) is 70.0 Å². The third-order valence-electron chi connectivity index (χ3n) is 15.7. The number of phosphoric ester groups is 1. The highest BCUT2D eigenvalue weighted by atomic mass is 31.2. The van der Waals surface area contributed by atoms with E-state index in [0.29, 0.717) is 17.4 Å². The standard InChI is InChI=1S/C69H134NO8P/c1-6-8-10-12-14-16-18-20-22-23-24-25-26-27-28-29-30-31-32-33-34-35-36-37-38-39-40-41-42-43-44-45-46-47-48-50-52-54-56-58-60-62-69(72)78-67(66-77-79(73,74)76-64-63-70(3,4)5)65-75-68(71)61-59-57-55-53-51-49-21-19-17-15-13-11-9-7-2/h19,21,23-24,67H,6-18,20,22,25-66H2,1-5H3/b21-19-,24-23-. The molecule has 2 atom stereocenters. The lowest BCUT2D eigenvalue weighted by molar-refractivity contribution is -0.870. The van der Waals surface area contributed by atoms with Gasteiger partial charge in [-0.05, 0) is 64.2 Å². The van der Waals surface area contributed by atoms with E-state index in [2.05, 4.69) is 38.2 Å². The van der Waals surface area contributed by atoms with Crippen LogP contribution in [0.3, 0.4) is 0 Å². The minimum absolute atomic E-state index is 0.0290. The number of quaternary nitrogens is 1. The molecule has 10 heteroatoms. The molecule has 0 rings (SSSR count). The number of phosphoric acid groups is 1. The van der Waals surface area contributed by atoms with Crippen molar-refractivity contribution < 1.29 is 42.1 Å². The predicted molar refractivity (Wildman–Crippen MR) is 338 cm³/mol. The van der Waals surface area contributed by atoms with E-state index in [1.165, 1.54) is 270 Å². The van der Waals surface area contributed by atoms with Crippen molar-refractivity contribution in [2.45, 2.75) is 360 Å².